The van der Waals surface area contributed by atoms with Gasteiger partial charge in [0.2, 0.25) is 18.6 Å². The minimum atomic E-state index is -0.549. The number of nitrogens with one attached hydrogen (secondary N) is 1. The van der Waals surface area contributed by atoms with Gasteiger partial charge in [-0.15, -0.1) is 0 Å². The van der Waals surface area contributed by atoms with Crippen LogP contribution in [0.4, 0.5) is 0 Å². The predicted octanol–water partition coefficient (Wildman–Crippen LogP) is 3.72. The molecule has 0 unspecified atom stereocenters. The van der Waals surface area contributed by atoms with Gasteiger partial charge in [-0.25, -0.2) is 0 Å². The molecule has 1 atom stereocenters. The van der Waals surface area contributed by atoms with Crippen molar-refractivity contribution in [2.75, 3.05) is 13.3 Å². The van der Waals surface area contributed by atoms with E-state index in [2.05, 4.69) is 5.32 Å². The summed E-state index contributed by atoms with van der Waals surface area (Å²) < 4.78 is 10.8. The van der Waals surface area contributed by atoms with Crippen LogP contribution in [0.25, 0.3) is 0 Å². The monoisotopic (exact) mass is 424 g/mol. The molecule has 0 aromatic heterocycles. The van der Waals surface area contributed by atoms with E-state index in [1.165, 1.54) is 0 Å². The average Bonchev–Trinajstić information content (AvgIpc) is 3.19. The molecule has 1 aliphatic rings. The topological polar surface area (TPSA) is 67.9 Å². The molecule has 0 saturated carbocycles. The molecule has 1 heterocycles. The molecule has 6 heteroatoms. The number of ether oxygens (including phenoxy) is 2. The van der Waals surface area contributed by atoms with Gasteiger partial charge in [-0.2, -0.15) is 0 Å². The molecule has 0 spiro atoms. The van der Waals surface area contributed by atoms with E-state index in [-0.39, 0.29) is 24.1 Å². The summed E-state index contributed by atoms with van der Waals surface area (Å²) >= 11 is 0. The third-order valence-electron chi connectivity index (χ3n) is 5.21. The Morgan fingerprint density at radius 2 is 1.71 bits per heavy atom. The van der Waals surface area contributed by atoms with Gasteiger partial charge in [-0.05, 0) is 63.8 Å². The van der Waals surface area contributed by atoms with Crippen LogP contribution >= 0.6 is 0 Å². The van der Waals surface area contributed by atoms with Crippen LogP contribution in [0.1, 0.15) is 45.2 Å². The summed E-state index contributed by atoms with van der Waals surface area (Å²) in [6.07, 6.45) is 1.59. The first-order chi connectivity index (χ1) is 14.7. The lowest BCUT2D eigenvalue weighted by Crippen LogP contribution is -2.53. The SMILES string of the molecule is C[C@@H](C(=O)NC(C)(C)C)N(CCc1ccccc1)C(=O)CCc1ccc2c(c1)OCO2. The van der Waals surface area contributed by atoms with Gasteiger partial charge < -0.3 is 19.7 Å². The van der Waals surface area contributed by atoms with Crippen molar-refractivity contribution in [1.29, 1.82) is 0 Å². The highest BCUT2D eigenvalue weighted by Gasteiger charge is 2.28. The molecule has 3 rings (SSSR count). The van der Waals surface area contributed by atoms with E-state index in [0.29, 0.717) is 31.6 Å². The average molecular weight is 425 g/mol. The van der Waals surface area contributed by atoms with E-state index in [4.69, 9.17) is 9.47 Å². The zero-order valence-electron chi connectivity index (χ0n) is 18.8. The van der Waals surface area contributed by atoms with Crippen LogP contribution in [0.2, 0.25) is 0 Å². The van der Waals surface area contributed by atoms with E-state index in [1.807, 2.05) is 69.3 Å². The molecule has 0 radical (unpaired) electrons. The summed E-state index contributed by atoms with van der Waals surface area (Å²) in [5.74, 6) is 1.26. The number of fused-ring (bicyclic) bond motifs is 1. The molecule has 1 aliphatic heterocycles. The molecule has 0 saturated heterocycles. The van der Waals surface area contributed by atoms with Crippen molar-refractivity contribution >= 4 is 11.8 Å². The second-order valence-corrected chi connectivity index (χ2v) is 8.93. The van der Waals surface area contributed by atoms with Gasteiger partial charge in [0.05, 0.1) is 0 Å². The maximum absolute atomic E-state index is 13.2. The van der Waals surface area contributed by atoms with Crippen molar-refractivity contribution < 1.29 is 19.1 Å². The number of amides is 2. The molecule has 0 fully saturated rings. The van der Waals surface area contributed by atoms with Gasteiger partial charge in [0.15, 0.2) is 11.5 Å². The van der Waals surface area contributed by atoms with Crippen molar-refractivity contribution in [2.24, 2.45) is 0 Å². The van der Waals surface area contributed by atoms with Crippen LogP contribution < -0.4 is 14.8 Å². The molecular weight excluding hydrogens is 392 g/mol. The Bertz CT molecular complexity index is 905. The fourth-order valence-electron chi connectivity index (χ4n) is 3.54. The highest BCUT2D eigenvalue weighted by molar-refractivity contribution is 5.87. The van der Waals surface area contributed by atoms with Crippen molar-refractivity contribution in [3.8, 4) is 11.5 Å². The van der Waals surface area contributed by atoms with Gasteiger partial charge >= 0.3 is 0 Å². The quantitative estimate of drug-likeness (QED) is 0.701. The lowest BCUT2D eigenvalue weighted by atomic mass is 10.1. The molecule has 2 aromatic rings. The number of aryl methyl sites for hydroxylation is 1. The first-order valence-corrected chi connectivity index (χ1v) is 10.8. The largest absolute Gasteiger partial charge is 0.454 e. The lowest BCUT2D eigenvalue weighted by molar-refractivity contribution is -0.140. The van der Waals surface area contributed by atoms with Gasteiger partial charge in [0.1, 0.15) is 6.04 Å². The summed E-state index contributed by atoms with van der Waals surface area (Å²) in [7, 11) is 0. The summed E-state index contributed by atoms with van der Waals surface area (Å²) in [4.78, 5) is 27.7. The number of rotatable bonds is 8. The molecular formula is C25H32N2O4. The number of benzene rings is 2. The summed E-state index contributed by atoms with van der Waals surface area (Å²) in [5, 5.41) is 2.99. The number of hydrogen-bond donors (Lipinski definition) is 1. The van der Waals surface area contributed by atoms with Gasteiger partial charge in [0.25, 0.3) is 0 Å². The molecule has 6 nitrogen and oxygen atoms in total. The molecule has 1 N–H and O–H groups in total. The molecule has 31 heavy (non-hydrogen) atoms. The highest BCUT2D eigenvalue weighted by Crippen LogP contribution is 2.32. The molecule has 0 aliphatic carbocycles. The van der Waals surface area contributed by atoms with E-state index < -0.39 is 6.04 Å². The van der Waals surface area contributed by atoms with E-state index >= 15 is 0 Å². The number of carbonyl (C=O) groups is 2. The zero-order chi connectivity index (χ0) is 22.4. The Labute approximate surface area is 184 Å². The van der Waals surface area contributed by atoms with E-state index in [9.17, 15) is 9.59 Å². The second kappa shape index (κ2) is 9.86. The Morgan fingerprint density at radius 3 is 2.42 bits per heavy atom. The Morgan fingerprint density at radius 1 is 1.00 bits per heavy atom. The van der Waals surface area contributed by atoms with E-state index in [1.54, 1.807) is 11.8 Å². The maximum Gasteiger partial charge on any atom is 0.242 e. The Kier molecular flexibility index (Phi) is 7.21. The fraction of sp³-hybridized carbons (Fsp3) is 0.440. The number of nitrogens with zero attached hydrogens (tertiary/aromatic N) is 1. The van der Waals surface area contributed by atoms with Crippen LogP contribution in [0.5, 0.6) is 11.5 Å². The smallest absolute Gasteiger partial charge is 0.242 e. The molecule has 2 amide bonds. The minimum Gasteiger partial charge on any atom is -0.454 e. The summed E-state index contributed by atoms with van der Waals surface area (Å²) in [5.41, 5.74) is 1.79. The van der Waals surface area contributed by atoms with Gasteiger partial charge in [-0.3, -0.25) is 9.59 Å². The van der Waals surface area contributed by atoms with Crippen LogP contribution in [0, 0.1) is 0 Å². The maximum atomic E-state index is 13.2. The molecule has 0 bridgehead atoms. The first-order valence-electron chi connectivity index (χ1n) is 10.8. The van der Waals surface area contributed by atoms with Crippen LogP contribution in [-0.4, -0.2) is 41.6 Å². The summed E-state index contributed by atoms with van der Waals surface area (Å²) in [6.45, 7) is 8.33. The van der Waals surface area contributed by atoms with Crippen LogP contribution in [0.15, 0.2) is 48.5 Å². The Balaban J connectivity index is 1.67. The normalized spacial score (nSPS) is 13.5. The number of carbonyl (C=O) groups excluding carboxylic acids is 2. The third-order valence-corrected chi connectivity index (χ3v) is 5.21. The molecule has 2 aromatic carbocycles. The fourth-order valence-corrected chi connectivity index (χ4v) is 3.54. The van der Waals surface area contributed by atoms with Crippen molar-refractivity contribution in [3.63, 3.8) is 0 Å². The van der Waals surface area contributed by atoms with Crippen molar-refractivity contribution in [2.45, 2.75) is 58.5 Å². The summed E-state index contributed by atoms with van der Waals surface area (Å²) in [6, 6.07) is 15.2. The minimum absolute atomic E-state index is 0.0369. The van der Waals surface area contributed by atoms with Crippen molar-refractivity contribution in [1.82, 2.24) is 10.2 Å². The van der Waals surface area contributed by atoms with E-state index in [0.717, 1.165) is 16.9 Å². The Hall–Kier alpha value is -3.02. The van der Waals surface area contributed by atoms with Gasteiger partial charge in [-0.1, -0.05) is 36.4 Å². The zero-order valence-corrected chi connectivity index (χ0v) is 18.8. The second-order valence-electron chi connectivity index (χ2n) is 8.93. The van der Waals surface area contributed by atoms with Gasteiger partial charge in [0, 0.05) is 18.5 Å². The van der Waals surface area contributed by atoms with Crippen LogP contribution in [-0.2, 0) is 22.4 Å². The standard InChI is InChI=1S/C25H32N2O4/c1-18(24(29)26-25(2,3)4)27(15-14-19-8-6-5-7-9-19)23(28)13-11-20-10-12-21-22(16-20)31-17-30-21/h5-10,12,16,18H,11,13-15,17H2,1-4H3,(H,26,29)/t18-/m0/s1. The lowest BCUT2D eigenvalue weighted by Gasteiger charge is -2.31. The predicted molar refractivity (Wildman–Crippen MR) is 120 cm³/mol. The first kappa shape index (κ1) is 22.7. The number of hydrogen-bond acceptors (Lipinski definition) is 4. The third kappa shape index (κ3) is 6.48. The van der Waals surface area contributed by atoms with Crippen molar-refractivity contribution in [3.05, 3.63) is 59.7 Å². The van der Waals surface area contributed by atoms with Crippen LogP contribution in [0.3, 0.4) is 0 Å². The highest BCUT2D eigenvalue weighted by atomic mass is 16.7. The molecule has 166 valence electrons.